The summed E-state index contributed by atoms with van der Waals surface area (Å²) in [6, 6.07) is 15.9. The number of carbonyl (C=O) groups is 1. The second kappa shape index (κ2) is 5.49. The minimum Gasteiger partial charge on any atom is -0.493 e. The molecule has 0 aliphatic carbocycles. The van der Waals surface area contributed by atoms with Crippen LogP contribution in [0.4, 0.5) is 0 Å². The fourth-order valence-electron chi connectivity index (χ4n) is 2.79. The summed E-state index contributed by atoms with van der Waals surface area (Å²) in [7, 11) is 0. The molecule has 2 heteroatoms. The summed E-state index contributed by atoms with van der Waals surface area (Å²) >= 11 is 0. The Morgan fingerprint density at radius 3 is 2.90 bits per heavy atom. The molecular weight excluding hydrogens is 248 g/mol. The van der Waals surface area contributed by atoms with Crippen molar-refractivity contribution in [3.63, 3.8) is 0 Å². The fraction of sp³-hybridized carbons (Fsp3) is 0.278. The smallest absolute Gasteiger partial charge is 0.163 e. The van der Waals surface area contributed by atoms with E-state index in [2.05, 4.69) is 6.07 Å². The van der Waals surface area contributed by atoms with Gasteiger partial charge in [-0.2, -0.15) is 0 Å². The second-order valence-electron chi connectivity index (χ2n) is 5.37. The van der Waals surface area contributed by atoms with Crippen molar-refractivity contribution in [2.24, 2.45) is 0 Å². The summed E-state index contributed by atoms with van der Waals surface area (Å²) in [4.78, 5) is 12.4. The molecule has 102 valence electrons. The van der Waals surface area contributed by atoms with Gasteiger partial charge in [0.05, 0.1) is 6.61 Å². The SMILES string of the molecule is Cc1cccc(C(=O)CC2CCOc3ccccc32)c1. The van der Waals surface area contributed by atoms with E-state index in [1.807, 2.05) is 49.4 Å². The third-order valence-corrected chi connectivity index (χ3v) is 3.85. The molecule has 20 heavy (non-hydrogen) atoms. The molecule has 0 aromatic heterocycles. The number of hydrogen-bond acceptors (Lipinski definition) is 2. The first kappa shape index (κ1) is 12.9. The van der Waals surface area contributed by atoms with Crippen molar-refractivity contribution >= 4 is 5.78 Å². The predicted molar refractivity (Wildman–Crippen MR) is 79.4 cm³/mol. The van der Waals surface area contributed by atoms with E-state index in [4.69, 9.17) is 4.74 Å². The van der Waals surface area contributed by atoms with Crippen LogP contribution in [0.3, 0.4) is 0 Å². The molecule has 1 aliphatic heterocycles. The van der Waals surface area contributed by atoms with E-state index < -0.39 is 0 Å². The molecule has 2 aromatic carbocycles. The number of rotatable bonds is 3. The monoisotopic (exact) mass is 266 g/mol. The molecule has 0 saturated carbocycles. The van der Waals surface area contributed by atoms with Crippen LogP contribution in [0.1, 0.15) is 40.2 Å². The Morgan fingerprint density at radius 2 is 2.05 bits per heavy atom. The summed E-state index contributed by atoms with van der Waals surface area (Å²) < 4.78 is 5.65. The molecule has 0 spiro atoms. The van der Waals surface area contributed by atoms with Crippen LogP contribution in [-0.4, -0.2) is 12.4 Å². The lowest BCUT2D eigenvalue weighted by molar-refractivity contribution is 0.0966. The predicted octanol–water partition coefficient (Wildman–Crippen LogP) is 4.13. The van der Waals surface area contributed by atoms with Gasteiger partial charge in [0, 0.05) is 12.0 Å². The molecule has 3 rings (SSSR count). The van der Waals surface area contributed by atoms with Crippen molar-refractivity contribution in [2.75, 3.05) is 6.61 Å². The molecule has 0 radical (unpaired) electrons. The first-order chi connectivity index (χ1) is 9.74. The number of Topliss-reactive ketones (excluding diaryl/α,β-unsaturated/α-hetero) is 1. The lowest BCUT2D eigenvalue weighted by Crippen LogP contribution is -2.17. The Kier molecular flexibility index (Phi) is 3.55. The number of benzene rings is 2. The average Bonchev–Trinajstić information content (AvgIpc) is 2.47. The minimum absolute atomic E-state index is 0.218. The molecule has 0 amide bonds. The zero-order valence-electron chi connectivity index (χ0n) is 11.6. The standard InChI is InChI=1S/C18H18O2/c1-13-5-4-6-15(11-13)17(19)12-14-9-10-20-18-8-3-2-7-16(14)18/h2-8,11,14H,9-10,12H2,1H3. The molecule has 0 fully saturated rings. The zero-order chi connectivity index (χ0) is 13.9. The maximum absolute atomic E-state index is 12.4. The Balaban J connectivity index is 1.81. The molecule has 0 bridgehead atoms. The van der Waals surface area contributed by atoms with Crippen molar-refractivity contribution in [2.45, 2.75) is 25.7 Å². The molecule has 0 N–H and O–H groups in total. The molecule has 0 saturated heterocycles. The van der Waals surface area contributed by atoms with Crippen molar-refractivity contribution in [1.82, 2.24) is 0 Å². The van der Waals surface area contributed by atoms with E-state index in [1.54, 1.807) is 0 Å². The molecular formula is C18H18O2. The Hall–Kier alpha value is -2.09. The van der Waals surface area contributed by atoms with Gasteiger partial charge >= 0.3 is 0 Å². The number of carbonyl (C=O) groups excluding carboxylic acids is 1. The normalized spacial score (nSPS) is 17.1. The number of hydrogen-bond donors (Lipinski definition) is 0. The highest BCUT2D eigenvalue weighted by Gasteiger charge is 2.23. The summed E-state index contributed by atoms with van der Waals surface area (Å²) in [5, 5.41) is 0. The van der Waals surface area contributed by atoms with Crippen LogP contribution >= 0.6 is 0 Å². The quantitative estimate of drug-likeness (QED) is 0.781. The van der Waals surface area contributed by atoms with Crippen LogP contribution in [0.2, 0.25) is 0 Å². The highest BCUT2D eigenvalue weighted by molar-refractivity contribution is 5.96. The summed E-state index contributed by atoms with van der Waals surface area (Å²) in [5.41, 5.74) is 3.11. The van der Waals surface area contributed by atoms with Gasteiger partial charge in [0.15, 0.2) is 5.78 Å². The minimum atomic E-state index is 0.218. The first-order valence-corrected chi connectivity index (χ1v) is 7.05. The lowest BCUT2D eigenvalue weighted by atomic mass is 9.87. The van der Waals surface area contributed by atoms with Crippen LogP contribution in [0.25, 0.3) is 0 Å². The fourth-order valence-corrected chi connectivity index (χ4v) is 2.79. The molecule has 2 aromatic rings. The molecule has 1 aliphatic rings. The maximum atomic E-state index is 12.4. The molecule has 1 heterocycles. The average molecular weight is 266 g/mol. The number of para-hydroxylation sites is 1. The second-order valence-corrected chi connectivity index (χ2v) is 5.37. The lowest BCUT2D eigenvalue weighted by Gasteiger charge is -2.25. The van der Waals surface area contributed by atoms with Crippen LogP contribution < -0.4 is 4.74 Å². The van der Waals surface area contributed by atoms with Crippen molar-refractivity contribution in [3.05, 3.63) is 65.2 Å². The van der Waals surface area contributed by atoms with Gasteiger partial charge in [-0.15, -0.1) is 0 Å². The molecule has 1 atom stereocenters. The van der Waals surface area contributed by atoms with Gasteiger partial charge < -0.3 is 4.74 Å². The Morgan fingerprint density at radius 1 is 1.20 bits per heavy atom. The van der Waals surface area contributed by atoms with Crippen molar-refractivity contribution in [1.29, 1.82) is 0 Å². The Bertz CT molecular complexity index is 631. The van der Waals surface area contributed by atoms with Gasteiger partial charge in [0.2, 0.25) is 0 Å². The van der Waals surface area contributed by atoms with E-state index in [-0.39, 0.29) is 11.7 Å². The van der Waals surface area contributed by atoms with Gasteiger partial charge in [-0.1, -0.05) is 42.0 Å². The number of fused-ring (bicyclic) bond motifs is 1. The van der Waals surface area contributed by atoms with E-state index in [1.165, 1.54) is 5.56 Å². The van der Waals surface area contributed by atoms with Crippen LogP contribution in [0.5, 0.6) is 5.75 Å². The molecule has 2 nitrogen and oxygen atoms in total. The summed E-state index contributed by atoms with van der Waals surface area (Å²) in [6.45, 7) is 2.71. The zero-order valence-corrected chi connectivity index (χ0v) is 11.6. The van der Waals surface area contributed by atoms with Crippen molar-refractivity contribution < 1.29 is 9.53 Å². The van der Waals surface area contributed by atoms with Gasteiger partial charge in [0.1, 0.15) is 5.75 Å². The van der Waals surface area contributed by atoms with E-state index >= 15 is 0 Å². The van der Waals surface area contributed by atoms with E-state index in [0.29, 0.717) is 13.0 Å². The number of ketones is 1. The van der Waals surface area contributed by atoms with Crippen LogP contribution in [0, 0.1) is 6.92 Å². The molecule has 1 unspecified atom stereocenters. The topological polar surface area (TPSA) is 26.3 Å². The third-order valence-electron chi connectivity index (χ3n) is 3.85. The highest BCUT2D eigenvalue weighted by atomic mass is 16.5. The van der Waals surface area contributed by atoms with Gasteiger partial charge in [-0.3, -0.25) is 4.79 Å². The summed E-state index contributed by atoms with van der Waals surface area (Å²) in [6.07, 6.45) is 1.47. The summed E-state index contributed by atoms with van der Waals surface area (Å²) in [5.74, 6) is 1.42. The van der Waals surface area contributed by atoms with Gasteiger partial charge in [-0.05, 0) is 37.0 Å². The van der Waals surface area contributed by atoms with Crippen molar-refractivity contribution in [3.8, 4) is 5.75 Å². The van der Waals surface area contributed by atoms with Crippen LogP contribution in [0.15, 0.2) is 48.5 Å². The largest absolute Gasteiger partial charge is 0.493 e. The van der Waals surface area contributed by atoms with Gasteiger partial charge in [-0.25, -0.2) is 0 Å². The maximum Gasteiger partial charge on any atom is 0.163 e. The third kappa shape index (κ3) is 2.60. The van der Waals surface area contributed by atoms with E-state index in [0.717, 1.165) is 23.3 Å². The first-order valence-electron chi connectivity index (χ1n) is 7.05. The highest BCUT2D eigenvalue weighted by Crippen LogP contribution is 2.36. The Labute approximate surface area is 119 Å². The number of ether oxygens (including phenoxy) is 1. The van der Waals surface area contributed by atoms with E-state index in [9.17, 15) is 4.79 Å². The van der Waals surface area contributed by atoms with Gasteiger partial charge in [0.25, 0.3) is 0 Å². The van der Waals surface area contributed by atoms with Crippen LogP contribution in [-0.2, 0) is 0 Å². The number of aryl methyl sites for hydroxylation is 1.